The highest BCUT2D eigenvalue weighted by Gasteiger charge is 2.38. The number of aryl methyl sites for hydroxylation is 1. The van der Waals surface area contributed by atoms with Crippen molar-refractivity contribution in [1.82, 2.24) is 0 Å². The molecule has 4 rings (SSSR count). The number of allylic oxidation sites excluding steroid dienone is 1. The van der Waals surface area contributed by atoms with Crippen molar-refractivity contribution in [3.63, 3.8) is 0 Å². The molecule has 2 aromatic carbocycles. The number of carbonyl (C=O) groups is 1. The summed E-state index contributed by atoms with van der Waals surface area (Å²) < 4.78 is 33.9. The number of fused-ring (bicyclic) bond motifs is 1. The Morgan fingerprint density at radius 3 is 2.29 bits per heavy atom. The van der Waals surface area contributed by atoms with Gasteiger partial charge >= 0.3 is 5.91 Å². The lowest BCUT2D eigenvalue weighted by Crippen LogP contribution is -2.22. The maximum absolute atomic E-state index is 12.4. The molecule has 0 N–H and O–H groups in total. The molecule has 1 amide bonds. The lowest BCUT2D eigenvalue weighted by atomic mass is 10.1. The number of thioether (sulfide) groups is 2. The number of rotatable bonds is 1. The molecule has 0 unspecified atom stereocenters. The Hall–Kier alpha value is -2.33. The number of amides is 1. The van der Waals surface area contributed by atoms with Gasteiger partial charge in [0, 0.05) is 24.5 Å². The maximum atomic E-state index is 12.4. The predicted molar refractivity (Wildman–Crippen MR) is 127 cm³/mol. The van der Waals surface area contributed by atoms with Crippen LogP contribution in [0.15, 0.2) is 70.1 Å². The predicted octanol–water partition coefficient (Wildman–Crippen LogP) is 3.90. The average molecular weight is 475 g/mol. The highest BCUT2D eigenvalue weighted by molar-refractivity contribution is 8.40. The standard InChI is InChI=1S/C15H15N2OS2.C7H8O3S/c1-16-11-7-5-4-6-10(11)8-9-12(16)13-14(18)17(2)15(19-3)20-13;1-6-2-4-7(5-3-6)11(8,9)10/h4-9H,1-3H3;2-5H,1H3,(H,8,9,10)/q+1;/p-1/b13-12-;. The summed E-state index contributed by atoms with van der Waals surface area (Å²) in [5.74, 6) is 0.0743. The molecule has 0 aliphatic carbocycles. The van der Waals surface area contributed by atoms with Crippen LogP contribution in [0.5, 0.6) is 0 Å². The van der Waals surface area contributed by atoms with Gasteiger partial charge in [-0.25, -0.2) is 13.2 Å². The normalized spacial score (nSPS) is 18.1. The van der Waals surface area contributed by atoms with Gasteiger partial charge in [0.2, 0.25) is 0 Å². The van der Waals surface area contributed by atoms with E-state index in [0.717, 1.165) is 26.2 Å². The van der Waals surface area contributed by atoms with Crippen LogP contribution in [-0.4, -0.2) is 48.2 Å². The highest BCUT2D eigenvalue weighted by atomic mass is 32.2. The molecule has 0 aromatic heterocycles. The van der Waals surface area contributed by atoms with Gasteiger partial charge < -0.3 is 9.45 Å². The average Bonchev–Trinajstić information content (AvgIpc) is 3.03. The summed E-state index contributed by atoms with van der Waals surface area (Å²) in [4.78, 5) is 15.1. The summed E-state index contributed by atoms with van der Waals surface area (Å²) in [5.41, 5.74) is 4.20. The molecule has 9 heteroatoms. The molecule has 0 spiro atoms. The Bertz CT molecular complexity index is 1210. The zero-order chi connectivity index (χ0) is 22.8. The molecule has 2 aliphatic rings. The minimum atomic E-state index is -4.27. The lowest BCUT2D eigenvalue weighted by Gasteiger charge is -2.26. The second kappa shape index (κ2) is 9.44. The zero-order valence-electron chi connectivity index (χ0n) is 17.5. The number of likely N-dealkylation sites (N-methyl/N-ethyl adjacent to an activating group) is 2. The molecule has 0 radical (unpaired) electrons. The van der Waals surface area contributed by atoms with Crippen LogP contribution in [0.25, 0.3) is 6.08 Å². The van der Waals surface area contributed by atoms with E-state index in [1.54, 1.807) is 40.2 Å². The molecule has 6 nitrogen and oxygen atoms in total. The third-order valence-corrected chi connectivity index (χ3v) is 8.02. The van der Waals surface area contributed by atoms with Crippen molar-refractivity contribution in [2.24, 2.45) is 0 Å². The Balaban J connectivity index is 0.000000210. The first-order valence-electron chi connectivity index (χ1n) is 9.28. The van der Waals surface area contributed by atoms with Gasteiger partial charge in [-0.15, -0.1) is 4.58 Å². The Morgan fingerprint density at radius 1 is 1.06 bits per heavy atom. The Morgan fingerprint density at radius 2 is 1.71 bits per heavy atom. The van der Waals surface area contributed by atoms with Gasteiger partial charge in [-0.05, 0) is 43.0 Å². The highest BCUT2D eigenvalue weighted by Crippen LogP contribution is 2.38. The molecule has 31 heavy (non-hydrogen) atoms. The van der Waals surface area contributed by atoms with Crippen LogP contribution in [0.2, 0.25) is 0 Å². The third kappa shape index (κ3) is 5.12. The van der Waals surface area contributed by atoms with Crippen molar-refractivity contribution in [3.8, 4) is 0 Å². The van der Waals surface area contributed by atoms with E-state index < -0.39 is 10.1 Å². The first-order chi connectivity index (χ1) is 14.6. The Labute approximate surface area is 191 Å². The molecule has 0 atom stereocenters. The van der Waals surface area contributed by atoms with Gasteiger partial charge in [-0.3, -0.25) is 0 Å². The fourth-order valence-corrected chi connectivity index (χ4v) is 5.39. The van der Waals surface area contributed by atoms with Crippen LogP contribution < -0.4 is 4.90 Å². The largest absolute Gasteiger partial charge is 0.744 e. The number of anilines is 1. The molecule has 162 valence electrons. The van der Waals surface area contributed by atoms with Gasteiger partial charge in [0.1, 0.15) is 17.2 Å². The van der Waals surface area contributed by atoms with E-state index in [1.807, 2.05) is 45.5 Å². The number of nitrogens with zero attached hydrogens (tertiary/aromatic N) is 2. The lowest BCUT2D eigenvalue weighted by molar-refractivity contribution is -0.406. The number of carbonyl (C=O) groups excluding carboxylic acids is 1. The van der Waals surface area contributed by atoms with Crippen LogP contribution in [0.4, 0.5) is 5.69 Å². The summed E-state index contributed by atoms with van der Waals surface area (Å²) in [6.07, 6.45) is 6.09. The number of benzene rings is 2. The molecule has 2 aliphatic heterocycles. The van der Waals surface area contributed by atoms with Gasteiger partial charge in [-0.2, -0.15) is 0 Å². The second-order valence-corrected chi connectivity index (χ2v) is 10.3. The summed E-state index contributed by atoms with van der Waals surface area (Å²) >= 11 is 3.16. The van der Waals surface area contributed by atoms with E-state index in [0.29, 0.717) is 0 Å². The monoisotopic (exact) mass is 474 g/mol. The SMILES string of the molecule is CSC1=[N+](C)C(=O)/C(=C2\C=Cc3ccccc3N2C)S1.Cc1ccc(S(=O)(=O)[O-])cc1. The first-order valence-corrected chi connectivity index (χ1v) is 12.7. The molecule has 2 heterocycles. The van der Waals surface area contributed by atoms with Crippen molar-refractivity contribution < 1.29 is 22.3 Å². The molecular weight excluding hydrogens is 452 g/mol. The molecule has 0 fully saturated rings. The minimum absolute atomic E-state index is 0.0743. The van der Waals surface area contributed by atoms with Crippen LogP contribution in [0, 0.1) is 6.92 Å². The maximum Gasteiger partial charge on any atom is 0.429 e. The van der Waals surface area contributed by atoms with E-state index in [-0.39, 0.29) is 10.8 Å². The number of hydrogen-bond donors (Lipinski definition) is 0. The second-order valence-electron chi connectivity index (χ2n) is 6.87. The van der Waals surface area contributed by atoms with Gasteiger partial charge in [-0.1, -0.05) is 53.7 Å². The van der Waals surface area contributed by atoms with E-state index in [9.17, 15) is 17.8 Å². The van der Waals surface area contributed by atoms with Crippen molar-refractivity contribution in [1.29, 1.82) is 0 Å². The molecule has 0 saturated heterocycles. The molecular formula is C22H22N2O4S3. The number of para-hydroxylation sites is 1. The smallest absolute Gasteiger partial charge is 0.429 e. The summed E-state index contributed by atoms with van der Waals surface area (Å²) in [6, 6.07) is 14.0. The fourth-order valence-electron chi connectivity index (χ4n) is 3.05. The van der Waals surface area contributed by atoms with E-state index in [1.165, 1.54) is 17.7 Å². The zero-order valence-corrected chi connectivity index (χ0v) is 20.0. The molecule has 0 bridgehead atoms. The third-order valence-electron chi connectivity index (χ3n) is 4.76. The van der Waals surface area contributed by atoms with Crippen molar-refractivity contribution in [2.45, 2.75) is 11.8 Å². The van der Waals surface area contributed by atoms with Crippen LogP contribution in [0.1, 0.15) is 11.1 Å². The number of hydrogen-bond acceptors (Lipinski definition) is 7. The van der Waals surface area contributed by atoms with Crippen LogP contribution in [-0.2, 0) is 14.9 Å². The summed E-state index contributed by atoms with van der Waals surface area (Å²) in [5, 5.41) is 0. The molecule has 2 aromatic rings. The first kappa shape index (κ1) is 23.3. The van der Waals surface area contributed by atoms with Crippen molar-refractivity contribution >= 4 is 55.7 Å². The van der Waals surface area contributed by atoms with Crippen molar-refractivity contribution in [2.75, 3.05) is 25.3 Å². The van der Waals surface area contributed by atoms with E-state index in [2.05, 4.69) is 23.1 Å². The van der Waals surface area contributed by atoms with Gasteiger partial charge in [0.25, 0.3) is 4.38 Å². The minimum Gasteiger partial charge on any atom is -0.744 e. The van der Waals surface area contributed by atoms with Crippen molar-refractivity contribution in [3.05, 3.63) is 76.3 Å². The quantitative estimate of drug-likeness (QED) is 0.352. The van der Waals surface area contributed by atoms with Gasteiger partial charge in [0.15, 0.2) is 4.91 Å². The summed E-state index contributed by atoms with van der Waals surface area (Å²) in [6.45, 7) is 1.82. The Kier molecular flexibility index (Phi) is 7.10. The van der Waals surface area contributed by atoms with E-state index in [4.69, 9.17) is 0 Å². The summed E-state index contributed by atoms with van der Waals surface area (Å²) in [7, 11) is -0.431. The van der Waals surface area contributed by atoms with Crippen LogP contribution in [0.3, 0.4) is 0 Å². The van der Waals surface area contributed by atoms with Crippen LogP contribution >= 0.6 is 23.5 Å². The fraction of sp³-hybridized carbons (Fsp3) is 0.182. The van der Waals surface area contributed by atoms with E-state index >= 15 is 0 Å². The van der Waals surface area contributed by atoms with Gasteiger partial charge in [0.05, 0.1) is 10.6 Å². The topological polar surface area (TPSA) is 80.5 Å². The molecule has 0 saturated carbocycles.